The molecule has 0 aliphatic carbocycles. The van der Waals surface area contributed by atoms with Crippen LogP contribution in [0.2, 0.25) is 0 Å². The summed E-state index contributed by atoms with van der Waals surface area (Å²) in [6, 6.07) is 12.8. The van der Waals surface area contributed by atoms with E-state index in [1.807, 2.05) is 29.0 Å². The number of nitrogens with zero attached hydrogens (tertiary/aromatic N) is 2. The Morgan fingerprint density at radius 2 is 2.16 bits per heavy atom. The first kappa shape index (κ1) is 11.3. The molecule has 0 saturated carbocycles. The zero-order valence-corrected chi connectivity index (χ0v) is 10.0. The van der Waals surface area contributed by atoms with Crippen LogP contribution in [0.3, 0.4) is 0 Å². The molecule has 0 saturated heterocycles. The van der Waals surface area contributed by atoms with Gasteiger partial charge in [-0.3, -0.25) is 4.79 Å². The minimum atomic E-state index is -0.0927. The topological polar surface area (TPSA) is 58.9 Å². The Hall–Kier alpha value is -2.80. The lowest BCUT2D eigenvalue weighted by Gasteiger charge is -2.03. The highest BCUT2D eigenvalue weighted by molar-refractivity contribution is 5.95. The highest BCUT2D eigenvalue weighted by Gasteiger charge is 2.12. The number of fused-ring (bicyclic) bond motifs is 1. The van der Waals surface area contributed by atoms with Gasteiger partial charge in [-0.25, -0.2) is 0 Å². The molecule has 3 aromatic rings. The maximum absolute atomic E-state index is 12.0. The van der Waals surface area contributed by atoms with Crippen molar-refractivity contribution in [3.8, 4) is 6.07 Å². The van der Waals surface area contributed by atoms with Crippen molar-refractivity contribution >= 4 is 16.7 Å². The summed E-state index contributed by atoms with van der Waals surface area (Å²) in [5, 5.41) is 9.89. The van der Waals surface area contributed by atoms with E-state index >= 15 is 0 Å². The van der Waals surface area contributed by atoms with Gasteiger partial charge in [-0.15, -0.1) is 0 Å². The van der Waals surface area contributed by atoms with Crippen molar-refractivity contribution < 1.29 is 9.21 Å². The smallest absolute Gasteiger partial charge is 0.217 e. The molecule has 0 bridgehead atoms. The number of aromatic nitrogens is 1. The molecule has 0 amide bonds. The van der Waals surface area contributed by atoms with Crippen molar-refractivity contribution in [1.82, 2.24) is 4.57 Å². The van der Waals surface area contributed by atoms with Gasteiger partial charge in [0.25, 0.3) is 0 Å². The van der Waals surface area contributed by atoms with Gasteiger partial charge < -0.3 is 8.98 Å². The summed E-state index contributed by atoms with van der Waals surface area (Å²) in [5.41, 5.74) is 1.49. The third kappa shape index (κ3) is 1.91. The predicted molar refractivity (Wildman–Crippen MR) is 69.7 cm³/mol. The average molecular weight is 250 g/mol. The van der Waals surface area contributed by atoms with E-state index in [4.69, 9.17) is 9.68 Å². The molecule has 0 N–H and O–H groups in total. The van der Waals surface area contributed by atoms with Crippen LogP contribution in [0.4, 0.5) is 0 Å². The molecule has 0 aliphatic heterocycles. The van der Waals surface area contributed by atoms with Crippen molar-refractivity contribution in [3.05, 3.63) is 60.2 Å². The first-order valence-corrected chi connectivity index (χ1v) is 5.84. The minimum absolute atomic E-state index is 0.0927. The van der Waals surface area contributed by atoms with Crippen molar-refractivity contribution in [2.45, 2.75) is 6.54 Å². The van der Waals surface area contributed by atoms with Crippen LogP contribution in [0.1, 0.15) is 16.1 Å². The van der Waals surface area contributed by atoms with Crippen LogP contribution < -0.4 is 0 Å². The van der Waals surface area contributed by atoms with Gasteiger partial charge in [0.05, 0.1) is 24.4 Å². The first-order valence-electron chi connectivity index (χ1n) is 5.84. The molecule has 4 heteroatoms. The highest BCUT2D eigenvalue weighted by Crippen LogP contribution is 2.20. The fourth-order valence-corrected chi connectivity index (χ4v) is 2.13. The number of ketones is 1. The van der Waals surface area contributed by atoms with Crippen LogP contribution in [-0.2, 0) is 6.54 Å². The second kappa shape index (κ2) is 4.46. The monoisotopic (exact) mass is 250 g/mol. The van der Waals surface area contributed by atoms with Crippen LogP contribution in [0.15, 0.2) is 53.3 Å². The number of hydrogen-bond donors (Lipinski definition) is 0. The largest absolute Gasteiger partial charge is 0.461 e. The molecular weight excluding hydrogens is 240 g/mol. The van der Waals surface area contributed by atoms with Crippen LogP contribution >= 0.6 is 0 Å². The van der Waals surface area contributed by atoms with E-state index in [0.29, 0.717) is 11.3 Å². The molecule has 0 aliphatic rings. The maximum Gasteiger partial charge on any atom is 0.217 e. The standard InChI is InChI=1S/C15H10N2O2/c16-9-11-3-1-4-13-12(11)6-7-17(13)10-14(18)15-5-2-8-19-15/h1-8H,10H2. The number of hydrogen-bond acceptors (Lipinski definition) is 3. The Morgan fingerprint density at radius 1 is 1.26 bits per heavy atom. The van der Waals surface area contributed by atoms with Crippen molar-refractivity contribution in [1.29, 1.82) is 5.26 Å². The molecule has 0 spiro atoms. The molecular formula is C15H10N2O2. The lowest BCUT2D eigenvalue weighted by molar-refractivity contribution is 0.0946. The lowest BCUT2D eigenvalue weighted by Crippen LogP contribution is -2.08. The molecule has 0 radical (unpaired) electrons. The summed E-state index contributed by atoms with van der Waals surface area (Å²) in [6.07, 6.45) is 3.29. The number of nitriles is 1. The Morgan fingerprint density at radius 3 is 2.89 bits per heavy atom. The van der Waals surface area contributed by atoms with E-state index in [2.05, 4.69) is 6.07 Å². The van der Waals surface area contributed by atoms with Gasteiger partial charge >= 0.3 is 0 Å². The molecule has 0 atom stereocenters. The zero-order chi connectivity index (χ0) is 13.2. The Balaban J connectivity index is 1.99. The van der Waals surface area contributed by atoms with Gasteiger partial charge in [-0.1, -0.05) is 6.07 Å². The van der Waals surface area contributed by atoms with Crippen LogP contribution in [0.25, 0.3) is 10.9 Å². The highest BCUT2D eigenvalue weighted by atomic mass is 16.3. The Bertz CT molecular complexity index is 776. The zero-order valence-electron chi connectivity index (χ0n) is 10.0. The van der Waals surface area contributed by atoms with Gasteiger partial charge in [0.1, 0.15) is 0 Å². The SMILES string of the molecule is N#Cc1cccc2c1ccn2CC(=O)c1ccco1. The summed E-state index contributed by atoms with van der Waals surface area (Å²) < 4.78 is 6.91. The molecule has 19 heavy (non-hydrogen) atoms. The third-order valence-corrected chi connectivity index (χ3v) is 3.04. The summed E-state index contributed by atoms with van der Waals surface area (Å²) in [4.78, 5) is 12.0. The molecule has 2 heterocycles. The lowest BCUT2D eigenvalue weighted by atomic mass is 10.1. The fourth-order valence-electron chi connectivity index (χ4n) is 2.13. The normalized spacial score (nSPS) is 10.5. The van der Waals surface area contributed by atoms with Crippen LogP contribution in [0.5, 0.6) is 0 Å². The molecule has 0 fully saturated rings. The number of carbonyl (C=O) groups excluding carboxylic acids is 1. The second-order valence-corrected chi connectivity index (χ2v) is 4.19. The van der Waals surface area contributed by atoms with Crippen molar-refractivity contribution in [3.63, 3.8) is 0 Å². The summed E-state index contributed by atoms with van der Waals surface area (Å²) in [7, 11) is 0. The Labute approximate surface area is 109 Å². The van der Waals surface area contributed by atoms with Gasteiger partial charge in [0.15, 0.2) is 5.76 Å². The summed E-state index contributed by atoms with van der Waals surface area (Å²) >= 11 is 0. The quantitative estimate of drug-likeness (QED) is 0.671. The number of furan rings is 1. The van der Waals surface area contributed by atoms with E-state index in [0.717, 1.165) is 10.9 Å². The van der Waals surface area contributed by atoms with Gasteiger partial charge in [-0.05, 0) is 30.3 Å². The number of Topliss-reactive ketones (excluding diaryl/α,β-unsaturated/α-hetero) is 1. The maximum atomic E-state index is 12.0. The number of rotatable bonds is 3. The molecule has 0 unspecified atom stereocenters. The van der Waals surface area contributed by atoms with E-state index in [1.54, 1.807) is 18.2 Å². The molecule has 2 aromatic heterocycles. The summed E-state index contributed by atoms with van der Waals surface area (Å²) in [5.74, 6) is 0.253. The molecule has 4 nitrogen and oxygen atoms in total. The fraction of sp³-hybridized carbons (Fsp3) is 0.0667. The van der Waals surface area contributed by atoms with E-state index in [9.17, 15) is 4.79 Å². The van der Waals surface area contributed by atoms with Gasteiger partial charge in [0, 0.05) is 17.1 Å². The van der Waals surface area contributed by atoms with Crippen molar-refractivity contribution in [2.24, 2.45) is 0 Å². The first-order chi connectivity index (χ1) is 9.29. The van der Waals surface area contributed by atoms with E-state index in [-0.39, 0.29) is 12.3 Å². The van der Waals surface area contributed by atoms with Crippen LogP contribution in [0, 0.1) is 11.3 Å². The van der Waals surface area contributed by atoms with Crippen molar-refractivity contribution in [2.75, 3.05) is 0 Å². The molecule has 1 aromatic carbocycles. The molecule has 3 rings (SSSR count). The van der Waals surface area contributed by atoms with Gasteiger partial charge in [0.2, 0.25) is 5.78 Å². The predicted octanol–water partition coefficient (Wildman–Crippen LogP) is 2.99. The summed E-state index contributed by atoms with van der Waals surface area (Å²) in [6.45, 7) is 0.200. The number of carbonyl (C=O) groups is 1. The van der Waals surface area contributed by atoms with E-state index in [1.165, 1.54) is 6.26 Å². The number of benzene rings is 1. The van der Waals surface area contributed by atoms with Gasteiger partial charge in [-0.2, -0.15) is 5.26 Å². The molecule has 92 valence electrons. The van der Waals surface area contributed by atoms with E-state index < -0.39 is 0 Å². The third-order valence-electron chi connectivity index (χ3n) is 3.04. The minimum Gasteiger partial charge on any atom is -0.461 e. The second-order valence-electron chi connectivity index (χ2n) is 4.19. The average Bonchev–Trinajstić information content (AvgIpc) is 3.08. The Kier molecular flexibility index (Phi) is 2.66. The van der Waals surface area contributed by atoms with Crippen LogP contribution in [-0.4, -0.2) is 10.4 Å².